The smallest absolute Gasteiger partial charge is 0.229 e. The van der Waals surface area contributed by atoms with Gasteiger partial charge in [-0.2, -0.15) is 4.98 Å². The fourth-order valence-electron chi connectivity index (χ4n) is 1.75. The Morgan fingerprint density at radius 1 is 1.24 bits per heavy atom. The Morgan fingerprint density at radius 2 is 2.12 bits per heavy atom. The summed E-state index contributed by atoms with van der Waals surface area (Å²) >= 11 is 0. The first-order chi connectivity index (χ1) is 8.24. The maximum absolute atomic E-state index is 5.80. The number of oxazole rings is 1. The molecular weight excluding hydrogens is 214 g/mol. The Balaban J connectivity index is 2.22. The predicted octanol–water partition coefficient (Wildman–Crippen LogP) is 2.78. The molecule has 0 aliphatic heterocycles. The fraction of sp³-hybridized carbons (Fsp3) is 0.0769. The van der Waals surface area contributed by atoms with E-state index in [9.17, 15) is 0 Å². The quantitative estimate of drug-likeness (QED) is 0.691. The molecule has 0 amide bonds. The summed E-state index contributed by atoms with van der Waals surface area (Å²) in [5.74, 6) is 0.550. The van der Waals surface area contributed by atoms with Crippen LogP contribution in [0.25, 0.3) is 22.7 Å². The van der Waals surface area contributed by atoms with Crippen molar-refractivity contribution in [2.75, 3.05) is 5.73 Å². The number of nitrogens with two attached hydrogens (primary N) is 1. The Kier molecular flexibility index (Phi) is 2.08. The van der Waals surface area contributed by atoms with E-state index in [1.807, 2.05) is 31.2 Å². The van der Waals surface area contributed by atoms with E-state index in [0.29, 0.717) is 22.8 Å². The number of pyridine rings is 1. The van der Waals surface area contributed by atoms with Crippen LogP contribution in [0.2, 0.25) is 0 Å². The largest absolute Gasteiger partial charge is 0.432 e. The molecule has 0 saturated heterocycles. The number of hydrogen-bond acceptors (Lipinski definition) is 4. The van der Waals surface area contributed by atoms with Crippen molar-refractivity contribution in [2.24, 2.45) is 0 Å². The van der Waals surface area contributed by atoms with Gasteiger partial charge in [-0.1, -0.05) is 17.7 Å². The monoisotopic (exact) mass is 225 g/mol. The molecule has 2 heterocycles. The lowest BCUT2D eigenvalue weighted by atomic mass is 10.1. The number of aromatic nitrogens is 2. The maximum atomic E-state index is 5.80. The fourth-order valence-corrected chi connectivity index (χ4v) is 1.75. The molecule has 3 aromatic rings. The molecule has 0 radical (unpaired) electrons. The van der Waals surface area contributed by atoms with Crippen molar-refractivity contribution in [3.05, 3.63) is 42.1 Å². The Labute approximate surface area is 98.1 Å². The zero-order valence-electron chi connectivity index (χ0n) is 9.34. The number of rotatable bonds is 1. The second-order valence-corrected chi connectivity index (χ2v) is 3.94. The van der Waals surface area contributed by atoms with E-state index in [1.165, 1.54) is 0 Å². The van der Waals surface area contributed by atoms with E-state index < -0.39 is 0 Å². The number of nitrogen functional groups attached to an aromatic ring is 1. The zero-order valence-corrected chi connectivity index (χ0v) is 9.34. The maximum Gasteiger partial charge on any atom is 0.229 e. The molecule has 4 nitrogen and oxygen atoms in total. The van der Waals surface area contributed by atoms with E-state index in [0.717, 1.165) is 11.1 Å². The van der Waals surface area contributed by atoms with Crippen LogP contribution in [0.4, 0.5) is 5.69 Å². The van der Waals surface area contributed by atoms with Crippen LogP contribution >= 0.6 is 0 Å². The van der Waals surface area contributed by atoms with E-state index >= 15 is 0 Å². The molecule has 84 valence electrons. The molecular formula is C13H11N3O. The predicted molar refractivity (Wildman–Crippen MR) is 66.4 cm³/mol. The van der Waals surface area contributed by atoms with Gasteiger partial charge < -0.3 is 10.2 Å². The minimum atomic E-state index is 0.543. The summed E-state index contributed by atoms with van der Waals surface area (Å²) in [7, 11) is 0. The lowest BCUT2D eigenvalue weighted by molar-refractivity contribution is 0.621. The van der Waals surface area contributed by atoms with Crippen molar-refractivity contribution in [3.63, 3.8) is 0 Å². The van der Waals surface area contributed by atoms with Gasteiger partial charge in [0.1, 0.15) is 0 Å². The van der Waals surface area contributed by atoms with Gasteiger partial charge in [0.15, 0.2) is 5.58 Å². The summed E-state index contributed by atoms with van der Waals surface area (Å²) < 4.78 is 5.64. The Hall–Kier alpha value is -2.36. The molecule has 0 aliphatic rings. The molecule has 1 aromatic carbocycles. The van der Waals surface area contributed by atoms with Gasteiger partial charge in [0.2, 0.25) is 11.5 Å². The highest BCUT2D eigenvalue weighted by Gasteiger charge is 2.10. The van der Waals surface area contributed by atoms with Crippen LogP contribution in [0.15, 0.2) is 40.9 Å². The van der Waals surface area contributed by atoms with Crippen LogP contribution in [0.3, 0.4) is 0 Å². The highest BCUT2D eigenvalue weighted by molar-refractivity contribution is 5.83. The van der Waals surface area contributed by atoms with Crippen molar-refractivity contribution in [1.29, 1.82) is 0 Å². The number of fused-ring (bicyclic) bond motifs is 1. The molecule has 2 N–H and O–H groups in total. The number of nitrogens with zero attached hydrogens (tertiary/aromatic N) is 2. The first kappa shape index (κ1) is 9.84. The molecule has 0 bridgehead atoms. The van der Waals surface area contributed by atoms with Crippen LogP contribution in [-0.4, -0.2) is 9.97 Å². The first-order valence-corrected chi connectivity index (χ1v) is 5.32. The summed E-state index contributed by atoms with van der Waals surface area (Å²) in [6.07, 6.45) is 1.63. The minimum Gasteiger partial charge on any atom is -0.432 e. The number of hydrogen-bond donors (Lipinski definition) is 1. The molecule has 0 atom stereocenters. The van der Waals surface area contributed by atoms with E-state index in [1.54, 1.807) is 12.3 Å². The van der Waals surface area contributed by atoms with Gasteiger partial charge in [-0.3, -0.25) is 0 Å². The minimum absolute atomic E-state index is 0.543. The normalized spacial score (nSPS) is 10.9. The van der Waals surface area contributed by atoms with Crippen molar-refractivity contribution >= 4 is 16.9 Å². The highest BCUT2D eigenvalue weighted by Crippen LogP contribution is 2.26. The number of benzene rings is 1. The van der Waals surface area contributed by atoms with Gasteiger partial charge in [0.05, 0.1) is 5.69 Å². The molecule has 0 saturated carbocycles. The van der Waals surface area contributed by atoms with Crippen LogP contribution in [0.1, 0.15) is 5.56 Å². The molecule has 4 heteroatoms. The lowest BCUT2D eigenvalue weighted by Gasteiger charge is -1.96. The lowest BCUT2D eigenvalue weighted by Crippen LogP contribution is -1.85. The molecule has 0 fully saturated rings. The average Bonchev–Trinajstić information content (AvgIpc) is 2.74. The summed E-state index contributed by atoms with van der Waals surface area (Å²) in [5.41, 5.74) is 9.54. The molecule has 3 rings (SSSR count). The van der Waals surface area contributed by atoms with Crippen LogP contribution in [0.5, 0.6) is 0 Å². The summed E-state index contributed by atoms with van der Waals surface area (Å²) in [6, 6.07) is 9.66. The van der Waals surface area contributed by atoms with Gasteiger partial charge in [0, 0.05) is 11.8 Å². The van der Waals surface area contributed by atoms with Crippen molar-refractivity contribution in [2.45, 2.75) is 6.92 Å². The van der Waals surface area contributed by atoms with Gasteiger partial charge >= 0.3 is 0 Å². The zero-order chi connectivity index (χ0) is 11.8. The Bertz CT molecular complexity index is 688. The molecule has 0 aliphatic carbocycles. The number of anilines is 1. The third-order valence-corrected chi connectivity index (χ3v) is 2.59. The number of aryl methyl sites for hydroxylation is 1. The highest BCUT2D eigenvalue weighted by atomic mass is 16.3. The van der Waals surface area contributed by atoms with Gasteiger partial charge in [-0.15, -0.1) is 0 Å². The first-order valence-electron chi connectivity index (χ1n) is 5.32. The molecule has 2 aromatic heterocycles. The summed E-state index contributed by atoms with van der Waals surface area (Å²) in [6.45, 7) is 2.03. The van der Waals surface area contributed by atoms with Crippen LogP contribution in [0, 0.1) is 6.92 Å². The molecule has 0 unspecified atom stereocenters. The van der Waals surface area contributed by atoms with Crippen LogP contribution in [-0.2, 0) is 0 Å². The van der Waals surface area contributed by atoms with Crippen molar-refractivity contribution in [1.82, 2.24) is 9.97 Å². The van der Waals surface area contributed by atoms with Crippen molar-refractivity contribution in [3.8, 4) is 11.5 Å². The SMILES string of the molecule is Cc1cccc(-c2nc3nccc(N)c3o2)c1. The topological polar surface area (TPSA) is 64.9 Å². The summed E-state index contributed by atoms with van der Waals surface area (Å²) in [4.78, 5) is 8.45. The van der Waals surface area contributed by atoms with Gasteiger partial charge in [-0.25, -0.2) is 4.98 Å². The van der Waals surface area contributed by atoms with E-state index in [4.69, 9.17) is 10.2 Å². The van der Waals surface area contributed by atoms with E-state index in [2.05, 4.69) is 9.97 Å². The molecule has 0 spiro atoms. The average molecular weight is 225 g/mol. The van der Waals surface area contributed by atoms with Gasteiger partial charge in [-0.05, 0) is 25.1 Å². The second-order valence-electron chi connectivity index (χ2n) is 3.94. The standard InChI is InChI=1S/C13H11N3O/c1-8-3-2-4-9(7-8)13-16-12-11(17-13)10(14)5-6-15-12/h2-7H,1H3,(H2,14,15). The van der Waals surface area contributed by atoms with E-state index in [-0.39, 0.29) is 0 Å². The molecule has 17 heavy (non-hydrogen) atoms. The third kappa shape index (κ3) is 1.63. The Morgan fingerprint density at radius 3 is 2.88 bits per heavy atom. The van der Waals surface area contributed by atoms with Crippen LogP contribution < -0.4 is 5.73 Å². The van der Waals surface area contributed by atoms with Gasteiger partial charge in [0.25, 0.3) is 0 Å². The van der Waals surface area contributed by atoms with Crippen molar-refractivity contribution < 1.29 is 4.42 Å². The second kappa shape index (κ2) is 3.59. The third-order valence-electron chi connectivity index (χ3n) is 2.59. The summed E-state index contributed by atoms with van der Waals surface area (Å²) in [5, 5.41) is 0.